The van der Waals surface area contributed by atoms with Crippen LogP contribution in [0.15, 0.2) is 78.9 Å². The van der Waals surface area contributed by atoms with Crippen molar-refractivity contribution >= 4 is 44.5 Å². The van der Waals surface area contributed by atoms with Gasteiger partial charge in [-0.15, -0.1) is 0 Å². The zero-order valence-corrected chi connectivity index (χ0v) is 27.9. The molecule has 3 aromatic carbocycles. The minimum absolute atomic E-state index is 0. The topological polar surface area (TPSA) is 58.4 Å². The summed E-state index contributed by atoms with van der Waals surface area (Å²) < 4.78 is 56.4. The number of piperidine rings is 1. The van der Waals surface area contributed by atoms with Gasteiger partial charge in [-0.25, -0.2) is 9.07 Å². The number of fused-ring (bicyclic) bond motifs is 1. The van der Waals surface area contributed by atoms with Crippen molar-refractivity contribution in [2.75, 3.05) is 24.5 Å². The highest BCUT2D eigenvalue weighted by Gasteiger charge is 2.46. The maximum atomic E-state index is 14.4. The number of aromatic nitrogens is 2. The van der Waals surface area contributed by atoms with Crippen LogP contribution in [0.1, 0.15) is 71.3 Å². The molecule has 6 rings (SSSR count). The van der Waals surface area contributed by atoms with Gasteiger partial charge in [0.1, 0.15) is 11.6 Å². The lowest BCUT2D eigenvalue weighted by molar-refractivity contribution is -0.137. The quantitative estimate of drug-likeness (QED) is 0.141. The van der Waals surface area contributed by atoms with Gasteiger partial charge in [0.25, 0.3) is 0 Å². The molecule has 3 heterocycles. The molecule has 4 aromatic rings. The molecule has 0 aliphatic carbocycles. The molecule has 1 aromatic heterocycles. The van der Waals surface area contributed by atoms with Gasteiger partial charge in [-0.3, -0.25) is 19.4 Å². The van der Waals surface area contributed by atoms with Gasteiger partial charge in [0, 0.05) is 36.6 Å². The van der Waals surface area contributed by atoms with E-state index in [1.807, 2.05) is 37.3 Å². The standard InChI is InChI=1S/C35H34F4N4O2.2H2S/c1-2-42-33-32(29(22-41-18-7-4-8-19-41)40-43(33)27-12-5-3-6-13-27)31(23-14-16-26(36)17-15-23)28(34(42)45)21-30(44)24-10-9-11-25(20-24)35(37,38)39;;/h3,5-6,9-17,20,28,31H,2,4,7-8,18-19,21-22H2,1H3;2*1H2/t28-,31+;;/m0../s1. The normalized spacial score (nSPS) is 18.2. The van der Waals surface area contributed by atoms with E-state index < -0.39 is 35.2 Å². The van der Waals surface area contributed by atoms with Gasteiger partial charge in [0.2, 0.25) is 5.91 Å². The van der Waals surface area contributed by atoms with Crippen LogP contribution in [0, 0.1) is 11.7 Å². The predicted molar refractivity (Wildman–Crippen MR) is 184 cm³/mol. The summed E-state index contributed by atoms with van der Waals surface area (Å²) in [6, 6.07) is 19.7. The smallest absolute Gasteiger partial charge is 0.297 e. The van der Waals surface area contributed by atoms with E-state index >= 15 is 0 Å². The molecule has 0 spiro atoms. The molecule has 2 aliphatic heterocycles. The highest BCUT2D eigenvalue weighted by atomic mass is 32.1. The number of benzene rings is 3. The Bertz CT molecular complexity index is 1690. The number of halogens is 4. The number of nitrogens with zero attached hydrogens (tertiary/aromatic N) is 4. The van der Waals surface area contributed by atoms with Crippen molar-refractivity contribution < 1.29 is 27.2 Å². The number of Topliss-reactive ketones (excluding diaryl/α,β-unsaturated/α-hetero) is 1. The maximum Gasteiger partial charge on any atom is 0.416 e. The van der Waals surface area contributed by atoms with Gasteiger partial charge in [-0.2, -0.15) is 45.3 Å². The van der Waals surface area contributed by atoms with Crippen LogP contribution in [0.3, 0.4) is 0 Å². The number of rotatable bonds is 8. The van der Waals surface area contributed by atoms with Crippen molar-refractivity contribution in [2.45, 2.75) is 51.2 Å². The average molecular weight is 687 g/mol. The highest BCUT2D eigenvalue weighted by Crippen LogP contribution is 2.48. The number of anilines is 1. The number of alkyl halides is 3. The van der Waals surface area contributed by atoms with E-state index in [9.17, 15) is 27.2 Å². The lowest BCUT2D eigenvalue weighted by atomic mass is 9.74. The van der Waals surface area contributed by atoms with Crippen molar-refractivity contribution in [2.24, 2.45) is 5.92 Å². The van der Waals surface area contributed by atoms with E-state index in [0.29, 0.717) is 17.9 Å². The first-order chi connectivity index (χ1) is 21.7. The Balaban J connectivity index is 0.00000250. The van der Waals surface area contributed by atoms with Crippen molar-refractivity contribution in [3.63, 3.8) is 0 Å². The lowest BCUT2D eigenvalue weighted by Crippen LogP contribution is -2.45. The first kappa shape index (κ1) is 36.2. The molecule has 12 heteroatoms. The first-order valence-corrected chi connectivity index (χ1v) is 15.3. The molecule has 0 bridgehead atoms. The number of amides is 1. The summed E-state index contributed by atoms with van der Waals surface area (Å²) in [5, 5.41) is 5.09. The summed E-state index contributed by atoms with van der Waals surface area (Å²) in [6.45, 7) is 4.47. The summed E-state index contributed by atoms with van der Waals surface area (Å²) in [5.41, 5.74) is 1.89. The monoisotopic (exact) mass is 686 g/mol. The number of likely N-dealkylation sites (tertiary alicyclic amines) is 1. The Hall–Kier alpha value is -3.61. The molecule has 0 unspecified atom stereocenters. The molecule has 6 nitrogen and oxygen atoms in total. The van der Waals surface area contributed by atoms with Crippen LogP contribution in [0.5, 0.6) is 0 Å². The van der Waals surface area contributed by atoms with Gasteiger partial charge < -0.3 is 0 Å². The summed E-state index contributed by atoms with van der Waals surface area (Å²) >= 11 is 0. The second-order valence-corrected chi connectivity index (χ2v) is 11.7. The third-order valence-corrected chi connectivity index (χ3v) is 8.81. The maximum absolute atomic E-state index is 14.4. The average Bonchev–Trinajstić information content (AvgIpc) is 3.40. The second kappa shape index (κ2) is 15.1. The van der Waals surface area contributed by atoms with E-state index in [0.717, 1.165) is 61.4 Å². The van der Waals surface area contributed by atoms with E-state index in [4.69, 9.17) is 5.10 Å². The number of ketones is 1. The predicted octanol–water partition coefficient (Wildman–Crippen LogP) is 7.63. The zero-order chi connectivity index (χ0) is 31.7. The molecule has 1 fully saturated rings. The van der Waals surface area contributed by atoms with Crippen molar-refractivity contribution in [3.05, 3.63) is 113 Å². The van der Waals surface area contributed by atoms with Crippen LogP contribution < -0.4 is 4.90 Å². The lowest BCUT2D eigenvalue weighted by Gasteiger charge is -2.38. The first-order valence-electron chi connectivity index (χ1n) is 15.3. The Morgan fingerprint density at radius 3 is 2.23 bits per heavy atom. The fraction of sp³-hybridized carbons (Fsp3) is 0.343. The van der Waals surface area contributed by atoms with E-state index in [-0.39, 0.29) is 51.4 Å². The van der Waals surface area contributed by atoms with Crippen LogP contribution in [0.25, 0.3) is 5.69 Å². The minimum atomic E-state index is -4.61. The van der Waals surface area contributed by atoms with Crippen molar-refractivity contribution in [1.82, 2.24) is 14.7 Å². The molecule has 0 saturated carbocycles. The van der Waals surface area contributed by atoms with Crippen LogP contribution in [-0.2, 0) is 17.5 Å². The van der Waals surface area contributed by atoms with Crippen molar-refractivity contribution in [3.8, 4) is 5.69 Å². The second-order valence-electron chi connectivity index (χ2n) is 11.7. The minimum Gasteiger partial charge on any atom is -0.297 e. The molecule has 47 heavy (non-hydrogen) atoms. The number of carbonyl (C=O) groups is 2. The largest absolute Gasteiger partial charge is 0.416 e. The van der Waals surface area contributed by atoms with Gasteiger partial charge in [0.15, 0.2) is 5.78 Å². The van der Waals surface area contributed by atoms with Gasteiger partial charge >= 0.3 is 6.18 Å². The number of hydrogen-bond donors (Lipinski definition) is 0. The van der Waals surface area contributed by atoms with Crippen LogP contribution >= 0.6 is 27.0 Å². The molecule has 1 amide bonds. The van der Waals surface area contributed by atoms with Crippen LogP contribution in [0.2, 0.25) is 0 Å². The summed E-state index contributed by atoms with van der Waals surface area (Å²) in [5.74, 6) is -2.37. The Kier molecular flexibility index (Phi) is 11.6. The Labute approximate surface area is 285 Å². The highest BCUT2D eigenvalue weighted by molar-refractivity contribution is 7.59. The molecular formula is C35H38F4N4O2S2. The summed E-state index contributed by atoms with van der Waals surface area (Å²) in [4.78, 5) is 32.0. The van der Waals surface area contributed by atoms with E-state index in [2.05, 4.69) is 4.90 Å². The van der Waals surface area contributed by atoms with Crippen molar-refractivity contribution in [1.29, 1.82) is 0 Å². The zero-order valence-electron chi connectivity index (χ0n) is 25.9. The number of para-hydroxylation sites is 1. The molecule has 0 N–H and O–H groups in total. The molecule has 1 saturated heterocycles. The van der Waals surface area contributed by atoms with E-state index in [1.54, 1.807) is 21.7 Å². The molecule has 0 radical (unpaired) electrons. The molecule has 2 aliphatic rings. The fourth-order valence-electron chi connectivity index (χ4n) is 6.65. The van der Waals surface area contributed by atoms with Gasteiger partial charge in [0.05, 0.1) is 22.9 Å². The third kappa shape index (κ3) is 7.44. The number of carbonyl (C=O) groups excluding carboxylic acids is 2. The van der Waals surface area contributed by atoms with Gasteiger partial charge in [-0.1, -0.05) is 48.9 Å². The van der Waals surface area contributed by atoms with E-state index in [1.165, 1.54) is 24.3 Å². The SMILES string of the molecule is CCN1C(=O)[C@@H](CC(=O)c2cccc(C(F)(F)F)c2)[C@@H](c2ccc(F)cc2)c2c(CN3CCCCC3)nn(-c3ccccc3)c21.S.S. The Morgan fingerprint density at radius 1 is 0.915 bits per heavy atom. The molecular weight excluding hydrogens is 649 g/mol. The third-order valence-electron chi connectivity index (χ3n) is 8.81. The summed E-state index contributed by atoms with van der Waals surface area (Å²) in [6.07, 6.45) is -1.65. The molecule has 2 atom stereocenters. The fourth-order valence-corrected chi connectivity index (χ4v) is 6.65. The molecule has 250 valence electrons. The Morgan fingerprint density at radius 2 is 1.60 bits per heavy atom. The van der Waals surface area contributed by atoms with Crippen LogP contribution in [0.4, 0.5) is 23.4 Å². The number of hydrogen-bond acceptors (Lipinski definition) is 4. The summed E-state index contributed by atoms with van der Waals surface area (Å²) in [7, 11) is 0. The van der Waals surface area contributed by atoms with Crippen LogP contribution in [-0.4, -0.2) is 46.0 Å². The van der Waals surface area contributed by atoms with Gasteiger partial charge in [-0.05, 0) is 74.8 Å².